The number of benzene rings is 1. The van der Waals surface area contributed by atoms with E-state index in [4.69, 9.17) is 11.2 Å². The normalized spacial score (nSPS) is 9.78. The molecule has 2 aromatic rings. The van der Waals surface area contributed by atoms with Gasteiger partial charge in [-0.25, -0.2) is 9.97 Å². The highest BCUT2D eigenvalue weighted by Crippen LogP contribution is 2.17. The van der Waals surface area contributed by atoms with Gasteiger partial charge in [-0.2, -0.15) is 0 Å². The lowest BCUT2D eigenvalue weighted by atomic mass is 10.1. The van der Waals surface area contributed by atoms with Crippen LogP contribution in [0.3, 0.4) is 0 Å². The standard InChI is InChI=1S/C15H14N2O/c1-3-9-18-14-10-16-15(17-11-14)13-7-5-12(4-2)6-8-13/h2,5-8,10-11H,3,9H2,1H3. The van der Waals surface area contributed by atoms with E-state index in [2.05, 4.69) is 22.8 Å². The first-order valence-corrected chi connectivity index (χ1v) is 5.85. The quantitative estimate of drug-likeness (QED) is 0.768. The summed E-state index contributed by atoms with van der Waals surface area (Å²) >= 11 is 0. The van der Waals surface area contributed by atoms with Crippen molar-refractivity contribution in [3.63, 3.8) is 0 Å². The van der Waals surface area contributed by atoms with E-state index in [0.29, 0.717) is 18.2 Å². The van der Waals surface area contributed by atoms with Crippen molar-refractivity contribution in [2.75, 3.05) is 6.61 Å². The average Bonchev–Trinajstić information content (AvgIpc) is 2.46. The zero-order valence-electron chi connectivity index (χ0n) is 10.3. The molecule has 0 saturated carbocycles. The van der Waals surface area contributed by atoms with Crippen LogP contribution in [0.4, 0.5) is 0 Å². The van der Waals surface area contributed by atoms with Gasteiger partial charge in [0.25, 0.3) is 0 Å². The Labute approximate surface area is 107 Å². The summed E-state index contributed by atoms with van der Waals surface area (Å²) in [6.07, 6.45) is 9.65. The number of hydrogen-bond acceptors (Lipinski definition) is 3. The van der Waals surface area contributed by atoms with Gasteiger partial charge >= 0.3 is 0 Å². The number of hydrogen-bond donors (Lipinski definition) is 0. The van der Waals surface area contributed by atoms with Crippen LogP contribution in [0, 0.1) is 12.3 Å². The first-order chi connectivity index (χ1) is 8.83. The molecule has 3 heteroatoms. The molecule has 0 bridgehead atoms. The third-order valence-corrected chi connectivity index (χ3v) is 2.41. The van der Waals surface area contributed by atoms with Crippen LogP contribution in [0.1, 0.15) is 18.9 Å². The van der Waals surface area contributed by atoms with Gasteiger partial charge < -0.3 is 4.74 Å². The Morgan fingerprint density at radius 2 is 1.83 bits per heavy atom. The fraction of sp³-hybridized carbons (Fsp3) is 0.200. The second-order valence-corrected chi connectivity index (χ2v) is 3.81. The van der Waals surface area contributed by atoms with E-state index in [0.717, 1.165) is 17.5 Å². The summed E-state index contributed by atoms with van der Waals surface area (Å²) in [7, 11) is 0. The minimum atomic E-state index is 0.669. The number of terminal acetylenes is 1. The van der Waals surface area contributed by atoms with Crippen molar-refractivity contribution >= 4 is 0 Å². The zero-order valence-corrected chi connectivity index (χ0v) is 10.3. The molecule has 0 radical (unpaired) electrons. The highest BCUT2D eigenvalue weighted by Gasteiger charge is 2.01. The molecule has 1 heterocycles. The molecule has 0 atom stereocenters. The van der Waals surface area contributed by atoms with Gasteiger partial charge in [0.05, 0.1) is 19.0 Å². The van der Waals surface area contributed by atoms with Crippen molar-refractivity contribution in [3.8, 4) is 29.5 Å². The van der Waals surface area contributed by atoms with Gasteiger partial charge in [-0.05, 0) is 30.7 Å². The maximum Gasteiger partial charge on any atom is 0.159 e. The minimum Gasteiger partial charge on any atom is -0.490 e. The van der Waals surface area contributed by atoms with Gasteiger partial charge in [-0.3, -0.25) is 0 Å². The van der Waals surface area contributed by atoms with Gasteiger partial charge in [0.1, 0.15) is 0 Å². The fourth-order valence-electron chi connectivity index (χ4n) is 1.48. The second kappa shape index (κ2) is 5.83. The van der Waals surface area contributed by atoms with Crippen molar-refractivity contribution in [2.45, 2.75) is 13.3 Å². The van der Waals surface area contributed by atoms with E-state index in [1.54, 1.807) is 12.4 Å². The van der Waals surface area contributed by atoms with Crippen LogP contribution in [0.25, 0.3) is 11.4 Å². The SMILES string of the molecule is C#Cc1ccc(-c2ncc(OCCC)cn2)cc1. The molecule has 90 valence electrons. The molecular weight excluding hydrogens is 224 g/mol. The molecule has 0 fully saturated rings. The van der Waals surface area contributed by atoms with Crippen molar-refractivity contribution in [2.24, 2.45) is 0 Å². The lowest BCUT2D eigenvalue weighted by Gasteiger charge is -2.04. The van der Waals surface area contributed by atoms with Crippen LogP contribution < -0.4 is 4.74 Å². The van der Waals surface area contributed by atoms with Crippen molar-refractivity contribution in [1.82, 2.24) is 9.97 Å². The molecule has 0 amide bonds. The molecular formula is C15H14N2O. The van der Waals surface area contributed by atoms with Crippen LogP contribution in [-0.2, 0) is 0 Å². The number of rotatable bonds is 4. The molecule has 0 aliphatic heterocycles. The Morgan fingerprint density at radius 1 is 1.17 bits per heavy atom. The summed E-state index contributed by atoms with van der Waals surface area (Å²) in [6.45, 7) is 2.74. The smallest absolute Gasteiger partial charge is 0.159 e. The summed E-state index contributed by atoms with van der Waals surface area (Å²) in [5, 5.41) is 0. The fourth-order valence-corrected chi connectivity index (χ4v) is 1.48. The molecule has 3 nitrogen and oxygen atoms in total. The Kier molecular flexibility index (Phi) is 3.93. The third kappa shape index (κ3) is 2.86. The maximum atomic E-state index is 5.43. The lowest BCUT2D eigenvalue weighted by Crippen LogP contribution is -1.97. The van der Waals surface area contributed by atoms with Gasteiger partial charge in [-0.15, -0.1) is 6.42 Å². The van der Waals surface area contributed by atoms with Crippen LogP contribution in [-0.4, -0.2) is 16.6 Å². The topological polar surface area (TPSA) is 35.0 Å². The predicted octanol–water partition coefficient (Wildman–Crippen LogP) is 2.91. The predicted molar refractivity (Wildman–Crippen MR) is 71.2 cm³/mol. The van der Waals surface area contributed by atoms with Crippen LogP contribution in [0.15, 0.2) is 36.7 Å². The van der Waals surface area contributed by atoms with Gasteiger partial charge in [-0.1, -0.05) is 12.8 Å². The first-order valence-electron chi connectivity index (χ1n) is 5.85. The average molecular weight is 238 g/mol. The third-order valence-electron chi connectivity index (χ3n) is 2.41. The van der Waals surface area contributed by atoms with E-state index in [1.807, 2.05) is 24.3 Å². The van der Waals surface area contributed by atoms with Gasteiger partial charge in [0.15, 0.2) is 11.6 Å². The van der Waals surface area contributed by atoms with Crippen molar-refractivity contribution in [3.05, 3.63) is 42.2 Å². The minimum absolute atomic E-state index is 0.669. The van der Waals surface area contributed by atoms with E-state index < -0.39 is 0 Å². The molecule has 1 aromatic carbocycles. The Bertz CT molecular complexity index is 538. The summed E-state index contributed by atoms with van der Waals surface area (Å²) in [5.74, 6) is 3.94. The number of nitrogens with zero attached hydrogens (tertiary/aromatic N) is 2. The Hall–Kier alpha value is -2.34. The largest absolute Gasteiger partial charge is 0.490 e. The molecule has 0 spiro atoms. The number of ether oxygens (including phenoxy) is 1. The molecule has 0 N–H and O–H groups in total. The molecule has 0 aliphatic rings. The summed E-state index contributed by atoms with van der Waals surface area (Å²) in [5.41, 5.74) is 1.79. The summed E-state index contributed by atoms with van der Waals surface area (Å²) < 4.78 is 5.43. The molecule has 1 aromatic heterocycles. The molecule has 2 rings (SSSR count). The van der Waals surface area contributed by atoms with E-state index in [9.17, 15) is 0 Å². The second-order valence-electron chi connectivity index (χ2n) is 3.81. The van der Waals surface area contributed by atoms with Crippen molar-refractivity contribution in [1.29, 1.82) is 0 Å². The lowest BCUT2D eigenvalue weighted by molar-refractivity contribution is 0.315. The zero-order chi connectivity index (χ0) is 12.8. The monoisotopic (exact) mass is 238 g/mol. The molecule has 0 aliphatic carbocycles. The summed E-state index contributed by atoms with van der Waals surface area (Å²) in [6, 6.07) is 7.58. The molecule has 18 heavy (non-hydrogen) atoms. The molecule has 0 saturated heterocycles. The first kappa shape index (κ1) is 12.1. The Balaban J connectivity index is 2.15. The van der Waals surface area contributed by atoms with Crippen LogP contribution in [0.2, 0.25) is 0 Å². The van der Waals surface area contributed by atoms with Gasteiger partial charge in [0.2, 0.25) is 0 Å². The van der Waals surface area contributed by atoms with Crippen LogP contribution in [0.5, 0.6) is 5.75 Å². The highest BCUT2D eigenvalue weighted by molar-refractivity contribution is 5.56. The van der Waals surface area contributed by atoms with E-state index in [1.165, 1.54) is 0 Å². The highest BCUT2D eigenvalue weighted by atomic mass is 16.5. The Morgan fingerprint density at radius 3 is 2.39 bits per heavy atom. The van der Waals surface area contributed by atoms with E-state index in [-0.39, 0.29) is 0 Å². The van der Waals surface area contributed by atoms with Gasteiger partial charge in [0, 0.05) is 11.1 Å². The van der Waals surface area contributed by atoms with Crippen LogP contribution >= 0.6 is 0 Å². The summed E-state index contributed by atoms with van der Waals surface area (Å²) in [4.78, 5) is 8.54. The van der Waals surface area contributed by atoms with Crippen molar-refractivity contribution < 1.29 is 4.74 Å². The maximum absolute atomic E-state index is 5.43. The molecule has 0 unspecified atom stereocenters. The number of aromatic nitrogens is 2. The van der Waals surface area contributed by atoms with E-state index >= 15 is 0 Å².